The van der Waals surface area contributed by atoms with Gasteiger partial charge in [0.15, 0.2) is 0 Å². The van der Waals surface area contributed by atoms with Gasteiger partial charge in [-0.15, -0.1) is 11.8 Å². The molecule has 0 amide bonds. The first-order chi connectivity index (χ1) is 12.5. The Labute approximate surface area is 171 Å². The normalized spacial score (nSPS) is 19.9. The number of thioether (sulfide) groups is 1. The number of hydrogen-bond acceptors (Lipinski definition) is 2. The minimum Gasteiger partial charge on any atom is -0.478 e. The molecule has 1 N–H and O–H groups in total. The highest BCUT2D eigenvalue weighted by atomic mass is 35.5. The van der Waals surface area contributed by atoms with E-state index in [1.807, 2.05) is 0 Å². The minimum atomic E-state index is -4.57. The van der Waals surface area contributed by atoms with Gasteiger partial charge in [0.2, 0.25) is 0 Å². The topological polar surface area (TPSA) is 37.3 Å². The van der Waals surface area contributed by atoms with Crippen LogP contribution in [0.1, 0.15) is 27.9 Å². The van der Waals surface area contributed by atoms with Gasteiger partial charge in [-0.3, -0.25) is 0 Å². The van der Waals surface area contributed by atoms with Crippen molar-refractivity contribution in [3.05, 3.63) is 73.6 Å². The van der Waals surface area contributed by atoms with Crippen LogP contribution in [0.4, 0.5) is 13.2 Å². The molecule has 142 valence electrons. The molecule has 3 rings (SSSR count). The summed E-state index contributed by atoms with van der Waals surface area (Å²) >= 11 is 18.4. The Hall–Kier alpha value is -1.34. The van der Waals surface area contributed by atoms with Crippen molar-refractivity contribution in [3.8, 4) is 0 Å². The van der Waals surface area contributed by atoms with Gasteiger partial charge in [0.25, 0.3) is 0 Å². The number of aromatic carboxylic acids is 1. The van der Waals surface area contributed by atoms with Crippen LogP contribution in [0.25, 0.3) is 5.57 Å². The van der Waals surface area contributed by atoms with Crippen molar-refractivity contribution in [1.82, 2.24) is 0 Å². The van der Waals surface area contributed by atoms with E-state index in [0.29, 0.717) is 22.9 Å². The highest BCUT2D eigenvalue weighted by Crippen LogP contribution is 2.60. The lowest BCUT2D eigenvalue weighted by Gasteiger charge is -2.32. The van der Waals surface area contributed by atoms with Gasteiger partial charge in [0.05, 0.1) is 10.6 Å². The average molecular weight is 454 g/mol. The van der Waals surface area contributed by atoms with Crippen molar-refractivity contribution in [2.45, 2.75) is 17.3 Å². The fourth-order valence-corrected chi connectivity index (χ4v) is 4.85. The summed E-state index contributed by atoms with van der Waals surface area (Å²) in [5, 5.41) is 10.6. The number of allylic oxidation sites excluding steroid dienone is 1. The first-order valence-electron chi connectivity index (χ1n) is 7.47. The molecule has 0 fully saturated rings. The second-order valence-electron chi connectivity index (χ2n) is 5.92. The van der Waals surface area contributed by atoms with E-state index in [9.17, 15) is 18.0 Å². The van der Waals surface area contributed by atoms with Crippen molar-refractivity contribution in [3.63, 3.8) is 0 Å². The van der Waals surface area contributed by atoms with Gasteiger partial charge in [-0.1, -0.05) is 40.9 Å². The number of rotatable bonds is 3. The molecule has 1 atom stereocenters. The van der Waals surface area contributed by atoms with Gasteiger partial charge in [-0.2, -0.15) is 13.2 Å². The van der Waals surface area contributed by atoms with Crippen LogP contribution in [-0.4, -0.2) is 17.3 Å². The Morgan fingerprint density at radius 2 is 1.70 bits per heavy atom. The van der Waals surface area contributed by atoms with Gasteiger partial charge in [-0.05, 0) is 52.4 Å². The molecule has 0 saturated carbocycles. The van der Waals surface area contributed by atoms with E-state index in [0.717, 1.165) is 0 Å². The number of alkyl halides is 3. The molecule has 0 bridgehead atoms. The number of carbonyl (C=O) groups is 1. The molecule has 9 heteroatoms. The number of halogens is 6. The standard InChI is InChI=1S/C18H10Cl3F3O2S/c19-12-4-11(5-13(20)6-12)17(18(22,23)24)7-10(8-27-17)9-1-2-14(16(25)26)15(21)3-9/h1-6,8H,7H2,(H,25,26). The first-order valence-corrected chi connectivity index (χ1v) is 9.48. The second kappa shape index (κ2) is 7.24. The van der Waals surface area contributed by atoms with E-state index in [2.05, 4.69) is 0 Å². The maximum Gasteiger partial charge on any atom is 0.407 e. The number of carboxylic acids is 1. The van der Waals surface area contributed by atoms with Crippen LogP contribution in [0.15, 0.2) is 41.8 Å². The lowest BCUT2D eigenvalue weighted by molar-refractivity contribution is -0.160. The van der Waals surface area contributed by atoms with E-state index in [1.165, 1.54) is 41.8 Å². The molecule has 1 heterocycles. The molecule has 0 spiro atoms. The van der Waals surface area contributed by atoms with Crippen molar-refractivity contribution in [2.75, 3.05) is 0 Å². The highest BCUT2D eigenvalue weighted by Gasteiger charge is 2.58. The molecular weight excluding hydrogens is 444 g/mol. The maximum absolute atomic E-state index is 14.1. The molecule has 1 unspecified atom stereocenters. The Bertz CT molecular complexity index is 939. The number of carboxylic acid groups (broad SMARTS) is 1. The van der Waals surface area contributed by atoms with Gasteiger partial charge < -0.3 is 5.11 Å². The molecule has 2 nitrogen and oxygen atoms in total. The van der Waals surface area contributed by atoms with E-state index < -0.39 is 16.9 Å². The Balaban J connectivity index is 2.02. The largest absolute Gasteiger partial charge is 0.478 e. The lowest BCUT2D eigenvalue weighted by Crippen LogP contribution is -2.37. The van der Waals surface area contributed by atoms with Gasteiger partial charge >= 0.3 is 12.1 Å². The van der Waals surface area contributed by atoms with Crippen LogP contribution in [0.2, 0.25) is 15.1 Å². The Kier molecular flexibility index (Phi) is 5.47. The predicted molar refractivity (Wildman–Crippen MR) is 103 cm³/mol. The first kappa shape index (κ1) is 20.4. The van der Waals surface area contributed by atoms with Crippen LogP contribution in [0.5, 0.6) is 0 Å². The predicted octanol–water partition coefficient (Wildman–Crippen LogP) is 7.28. The van der Waals surface area contributed by atoms with Crippen LogP contribution in [0, 0.1) is 0 Å². The molecule has 0 aliphatic carbocycles. The summed E-state index contributed by atoms with van der Waals surface area (Å²) in [6.07, 6.45) is -4.94. The van der Waals surface area contributed by atoms with Gasteiger partial charge in [0.1, 0.15) is 4.75 Å². The summed E-state index contributed by atoms with van der Waals surface area (Å²) in [5.74, 6) is -1.21. The van der Waals surface area contributed by atoms with E-state index in [-0.39, 0.29) is 32.6 Å². The van der Waals surface area contributed by atoms with Crippen LogP contribution in [-0.2, 0) is 4.75 Å². The molecule has 2 aromatic carbocycles. The molecule has 2 aromatic rings. The summed E-state index contributed by atoms with van der Waals surface area (Å²) in [6.45, 7) is 0. The fraction of sp³-hybridized carbons (Fsp3) is 0.167. The summed E-state index contributed by atoms with van der Waals surface area (Å²) < 4.78 is 39.9. The molecule has 0 saturated heterocycles. The third kappa shape index (κ3) is 3.81. The summed E-state index contributed by atoms with van der Waals surface area (Å²) in [7, 11) is 0. The van der Waals surface area contributed by atoms with Crippen LogP contribution in [0.3, 0.4) is 0 Å². The minimum absolute atomic E-state index is 0.0405. The molecule has 0 aromatic heterocycles. The summed E-state index contributed by atoms with van der Waals surface area (Å²) in [6, 6.07) is 7.95. The smallest absolute Gasteiger partial charge is 0.407 e. The quantitative estimate of drug-likeness (QED) is 0.530. The number of hydrogen-bond donors (Lipinski definition) is 1. The average Bonchev–Trinajstić information content (AvgIpc) is 3.00. The van der Waals surface area contributed by atoms with Gasteiger partial charge in [-0.25, -0.2) is 4.79 Å². The third-order valence-corrected chi connectivity index (χ3v) is 6.36. The van der Waals surface area contributed by atoms with Crippen molar-refractivity contribution >= 4 is 58.1 Å². The zero-order chi connectivity index (χ0) is 20.0. The monoisotopic (exact) mass is 452 g/mol. The van der Waals surface area contributed by atoms with E-state index in [4.69, 9.17) is 39.9 Å². The van der Waals surface area contributed by atoms with Crippen LogP contribution < -0.4 is 0 Å². The highest BCUT2D eigenvalue weighted by molar-refractivity contribution is 8.03. The van der Waals surface area contributed by atoms with Crippen molar-refractivity contribution in [1.29, 1.82) is 0 Å². The third-order valence-electron chi connectivity index (χ3n) is 4.20. The molecule has 27 heavy (non-hydrogen) atoms. The Morgan fingerprint density at radius 3 is 2.22 bits per heavy atom. The van der Waals surface area contributed by atoms with E-state index >= 15 is 0 Å². The van der Waals surface area contributed by atoms with Crippen molar-refractivity contribution in [2.24, 2.45) is 0 Å². The molecule has 0 radical (unpaired) electrons. The molecule has 1 aliphatic rings. The van der Waals surface area contributed by atoms with Crippen LogP contribution >= 0.6 is 46.6 Å². The zero-order valence-electron chi connectivity index (χ0n) is 13.3. The SMILES string of the molecule is O=C(O)c1ccc(C2=CSC(c3cc(Cl)cc(Cl)c3)(C(F)(F)F)C2)cc1Cl. The number of benzene rings is 2. The summed E-state index contributed by atoms with van der Waals surface area (Å²) in [4.78, 5) is 11.1. The summed E-state index contributed by atoms with van der Waals surface area (Å²) in [5.41, 5.74) is 0.663. The van der Waals surface area contributed by atoms with E-state index in [1.54, 1.807) is 0 Å². The zero-order valence-corrected chi connectivity index (χ0v) is 16.4. The lowest BCUT2D eigenvalue weighted by atomic mass is 9.88. The van der Waals surface area contributed by atoms with Gasteiger partial charge in [0, 0.05) is 16.5 Å². The molecular formula is C18H10Cl3F3O2S. The maximum atomic E-state index is 14.1. The fourth-order valence-electron chi connectivity index (χ4n) is 2.87. The second-order valence-corrected chi connectivity index (χ2v) is 8.37. The molecule has 1 aliphatic heterocycles. The Morgan fingerprint density at radius 1 is 1.07 bits per heavy atom. The van der Waals surface area contributed by atoms with Crippen molar-refractivity contribution < 1.29 is 23.1 Å².